The molecule has 1 aliphatic heterocycles. The largest absolute Gasteiger partial charge is 0.479 e. The molecule has 0 aromatic carbocycles. The summed E-state index contributed by atoms with van der Waals surface area (Å²) in [6.45, 7) is 0.883. The normalized spacial score (nSPS) is 33.7. The summed E-state index contributed by atoms with van der Waals surface area (Å²) < 4.78 is 5.08. The smallest absolute Gasteiger partial charge is 0.334 e. The van der Waals surface area contributed by atoms with E-state index in [4.69, 9.17) is 15.6 Å². The average molecular weight is 242 g/mol. The number of nitrogens with zero attached hydrogens (tertiary/aromatic N) is 1. The van der Waals surface area contributed by atoms with E-state index in [1.807, 2.05) is 0 Å². The lowest BCUT2D eigenvalue weighted by molar-refractivity contribution is -0.160. The molecule has 1 aliphatic carbocycles. The first-order valence-corrected chi connectivity index (χ1v) is 5.98. The zero-order valence-corrected chi connectivity index (χ0v) is 9.67. The van der Waals surface area contributed by atoms with Gasteiger partial charge < -0.3 is 20.5 Å². The Morgan fingerprint density at radius 2 is 2.12 bits per heavy atom. The van der Waals surface area contributed by atoms with Crippen LogP contribution in [0.3, 0.4) is 0 Å². The van der Waals surface area contributed by atoms with Crippen molar-refractivity contribution in [2.75, 3.05) is 19.7 Å². The van der Waals surface area contributed by atoms with Gasteiger partial charge in [0.05, 0.1) is 19.1 Å². The summed E-state index contributed by atoms with van der Waals surface area (Å²) in [4.78, 5) is 24.6. The Morgan fingerprint density at radius 1 is 1.35 bits per heavy atom. The van der Waals surface area contributed by atoms with Crippen molar-refractivity contribution in [3.8, 4) is 0 Å². The molecular formula is C11H18N2O4. The Morgan fingerprint density at radius 3 is 2.71 bits per heavy atom. The van der Waals surface area contributed by atoms with Crippen LogP contribution in [-0.4, -0.2) is 53.7 Å². The number of aliphatic carboxylic acids is 1. The van der Waals surface area contributed by atoms with Crippen LogP contribution in [0, 0.1) is 5.92 Å². The third-order valence-corrected chi connectivity index (χ3v) is 3.54. The van der Waals surface area contributed by atoms with E-state index in [0.29, 0.717) is 6.54 Å². The molecule has 3 unspecified atom stereocenters. The molecule has 0 aromatic heterocycles. The van der Waals surface area contributed by atoms with Crippen LogP contribution in [0.25, 0.3) is 0 Å². The molecule has 1 saturated carbocycles. The second-order valence-electron chi connectivity index (χ2n) is 4.68. The highest BCUT2D eigenvalue weighted by Gasteiger charge is 2.36. The number of carboxylic acid groups (broad SMARTS) is 1. The van der Waals surface area contributed by atoms with Crippen LogP contribution < -0.4 is 5.73 Å². The van der Waals surface area contributed by atoms with Gasteiger partial charge >= 0.3 is 5.97 Å². The van der Waals surface area contributed by atoms with E-state index < -0.39 is 12.1 Å². The molecular weight excluding hydrogens is 224 g/mol. The number of nitrogens with two attached hydrogens (primary N) is 1. The maximum absolute atomic E-state index is 12.2. The van der Waals surface area contributed by atoms with Crippen molar-refractivity contribution in [2.24, 2.45) is 11.7 Å². The highest BCUT2D eigenvalue weighted by Crippen LogP contribution is 2.26. The number of carboxylic acids is 1. The number of hydrogen-bond acceptors (Lipinski definition) is 4. The van der Waals surface area contributed by atoms with E-state index in [9.17, 15) is 9.59 Å². The van der Waals surface area contributed by atoms with Gasteiger partial charge in [-0.3, -0.25) is 4.79 Å². The van der Waals surface area contributed by atoms with Crippen LogP contribution in [0.1, 0.15) is 19.3 Å². The van der Waals surface area contributed by atoms with Crippen molar-refractivity contribution in [1.82, 2.24) is 4.90 Å². The standard InChI is InChI=1S/C11H18N2O4/c12-8-3-1-2-7(8)10(14)13-4-5-17-9(6-13)11(15)16/h7-9H,1-6,12H2,(H,15,16). The van der Waals surface area contributed by atoms with Crippen molar-refractivity contribution in [3.63, 3.8) is 0 Å². The number of amides is 1. The predicted octanol–water partition coefficient (Wildman–Crippen LogP) is -0.574. The Kier molecular flexibility index (Phi) is 3.63. The summed E-state index contributed by atoms with van der Waals surface area (Å²) in [7, 11) is 0. The van der Waals surface area contributed by atoms with E-state index in [2.05, 4.69) is 0 Å². The predicted molar refractivity (Wildman–Crippen MR) is 59.3 cm³/mol. The summed E-state index contributed by atoms with van der Waals surface area (Å²) in [6, 6.07) is -0.0753. The third kappa shape index (κ3) is 2.58. The fraction of sp³-hybridized carbons (Fsp3) is 0.818. The lowest BCUT2D eigenvalue weighted by Crippen LogP contribution is -2.51. The van der Waals surface area contributed by atoms with E-state index in [-0.39, 0.29) is 31.0 Å². The molecule has 2 fully saturated rings. The number of ether oxygens (including phenoxy) is 1. The summed E-state index contributed by atoms with van der Waals surface area (Å²) in [6.07, 6.45) is 1.77. The molecule has 2 rings (SSSR count). The maximum Gasteiger partial charge on any atom is 0.334 e. The van der Waals surface area contributed by atoms with Crippen molar-refractivity contribution in [2.45, 2.75) is 31.4 Å². The minimum absolute atomic E-state index is 0.00968. The zero-order chi connectivity index (χ0) is 12.4. The van der Waals surface area contributed by atoms with Gasteiger partial charge in [-0.1, -0.05) is 6.42 Å². The SMILES string of the molecule is NC1CCCC1C(=O)N1CCOC(C(=O)O)C1. The zero-order valence-electron chi connectivity index (χ0n) is 9.67. The van der Waals surface area contributed by atoms with Gasteiger partial charge in [0.1, 0.15) is 0 Å². The second-order valence-corrected chi connectivity index (χ2v) is 4.68. The molecule has 6 nitrogen and oxygen atoms in total. The van der Waals surface area contributed by atoms with Crippen molar-refractivity contribution in [1.29, 1.82) is 0 Å². The fourth-order valence-electron chi connectivity index (χ4n) is 2.53. The summed E-state index contributed by atoms with van der Waals surface area (Å²) >= 11 is 0. The molecule has 3 N–H and O–H groups in total. The molecule has 6 heteroatoms. The monoisotopic (exact) mass is 242 g/mol. The number of morpholine rings is 1. The molecule has 2 aliphatic rings. The molecule has 96 valence electrons. The third-order valence-electron chi connectivity index (χ3n) is 3.54. The Labute approximate surface area is 99.7 Å². The lowest BCUT2D eigenvalue weighted by Gasteiger charge is -2.33. The van der Waals surface area contributed by atoms with Crippen LogP contribution in [0.5, 0.6) is 0 Å². The lowest BCUT2D eigenvalue weighted by atomic mass is 10.0. The van der Waals surface area contributed by atoms with E-state index in [1.54, 1.807) is 4.90 Å². The van der Waals surface area contributed by atoms with Crippen molar-refractivity contribution >= 4 is 11.9 Å². The quantitative estimate of drug-likeness (QED) is 0.676. The van der Waals surface area contributed by atoms with E-state index >= 15 is 0 Å². The molecule has 3 atom stereocenters. The van der Waals surface area contributed by atoms with Gasteiger partial charge in [-0.15, -0.1) is 0 Å². The minimum atomic E-state index is -1.02. The second kappa shape index (κ2) is 5.01. The summed E-state index contributed by atoms with van der Waals surface area (Å²) in [5.41, 5.74) is 5.89. The maximum atomic E-state index is 12.2. The van der Waals surface area contributed by atoms with Crippen LogP contribution >= 0.6 is 0 Å². The van der Waals surface area contributed by atoms with E-state index in [0.717, 1.165) is 19.3 Å². The molecule has 1 amide bonds. The minimum Gasteiger partial charge on any atom is -0.479 e. The molecule has 1 heterocycles. The van der Waals surface area contributed by atoms with Gasteiger partial charge in [-0.25, -0.2) is 4.79 Å². The van der Waals surface area contributed by atoms with Crippen LogP contribution in [0.4, 0.5) is 0 Å². The van der Waals surface area contributed by atoms with Gasteiger partial charge in [-0.05, 0) is 12.8 Å². The van der Waals surface area contributed by atoms with Crippen molar-refractivity contribution in [3.05, 3.63) is 0 Å². The van der Waals surface area contributed by atoms with Crippen LogP contribution in [0.2, 0.25) is 0 Å². The van der Waals surface area contributed by atoms with Gasteiger partial charge in [0.15, 0.2) is 6.10 Å². The van der Waals surface area contributed by atoms with Crippen molar-refractivity contribution < 1.29 is 19.4 Å². The first-order valence-electron chi connectivity index (χ1n) is 5.98. The molecule has 0 aromatic rings. The Hall–Kier alpha value is -1.14. The van der Waals surface area contributed by atoms with Gasteiger partial charge in [0.25, 0.3) is 0 Å². The summed E-state index contributed by atoms with van der Waals surface area (Å²) in [5, 5.41) is 8.87. The molecule has 0 spiro atoms. The number of rotatable bonds is 2. The Bertz CT molecular complexity index is 321. The van der Waals surface area contributed by atoms with E-state index in [1.165, 1.54) is 0 Å². The summed E-state index contributed by atoms with van der Waals surface area (Å²) in [5.74, 6) is -1.16. The fourth-order valence-corrected chi connectivity index (χ4v) is 2.53. The number of hydrogen-bond donors (Lipinski definition) is 2. The highest BCUT2D eigenvalue weighted by molar-refractivity contribution is 5.81. The first-order chi connectivity index (χ1) is 8.09. The molecule has 17 heavy (non-hydrogen) atoms. The Balaban J connectivity index is 1.97. The molecule has 0 bridgehead atoms. The highest BCUT2D eigenvalue weighted by atomic mass is 16.5. The first kappa shape index (κ1) is 12.3. The molecule has 0 radical (unpaired) electrons. The average Bonchev–Trinajstić information content (AvgIpc) is 2.74. The molecule has 1 saturated heterocycles. The van der Waals surface area contributed by atoms with Gasteiger partial charge in [0.2, 0.25) is 5.91 Å². The van der Waals surface area contributed by atoms with Crippen LogP contribution in [-0.2, 0) is 14.3 Å². The topological polar surface area (TPSA) is 92.9 Å². The van der Waals surface area contributed by atoms with Crippen LogP contribution in [0.15, 0.2) is 0 Å². The van der Waals surface area contributed by atoms with Gasteiger partial charge in [-0.2, -0.15) is 0 Å². The number of carbonyl (C=O) groups excluding carboxylic acids is 1. The number of carbonyl (C=O) groups is 2. The van der Waals surface area contributed by atoms with Gasteiger partial charge in [0, 0.05) is 12.6 Å².